The standard InChI is InChI=1S/2C4H10.9C3H4O2/c2*1-3-4-2;9*1-2-3(4)5/h2*3-4H2,1-2H3;9*2H,1H2,(H,4,5). The van der Waals surface area contributed by atoms with Gasteiger partial charge in [-0.05, 0) is 0 Å². The first kappa shape index (κ1) is 76.0. The Bertz CT molecular complexity index is 820. The highest BCUT2D eigenvalue weighted by molar-refractivity contribution is 5.81. The quantitative estimate of drug-likeness (QED) is 0.110. The summed E-state index contributed by atoms with van der Waals surface area (Å²) in [5, 5.41) is 68.4. The zero-order valence-corrected chi connectivity index (χ0v) is 30.6. The largest absolute Gasteiger partial charge is 0.478 e. The molecule has 0 radical (unpaired) electrons. The fourth-order valence-corrected chi connectivity index (χ4v) is 0. The second-order valence-corrected chi connectivity index (χ2v) is 6.88. The molecule has 0 saturated heterocycles. The number of rotatable bonds is 11. The van der Waals surface area contributed by atoms with Crippen LogP contribution in [0, 0.1) is 0 Å². The van der Waals surface area contributed by atoms with Crippen LogP contribution in [0.2, 0.25) is 0 Å². The Morgan fingerprint density at radius 1 is 0.264 bits per heavy atom. The minimum absolute atomic E-state index is 0.833. The van der Waals surface area contributed by atoms with Gasteiger partial charge in [0, 0.05) is 54.7 Å². The van der Waals surface area contributed by atoms with Crippen molar-refractivity contribution in [1.29, 1.82) is 0 Å². The number of hydrogen-bond donors (Lipinski definition) is 9. The summed E-state index contributed by atoms with van der Waals surface area (Å²) >= 11 is 0. The maximum absolute atomic E-state index is 9.25. The van der Waals surface area contributed by atoms with Crippen LogP contribution < -0.4 is 0 Å². The van der Waals surface area contributed by atoms with E-state index in [1.54, 1.807) is 0 Å². The highest BCUT2D eigenvalue weighted by Gasteiger charge is 1.76. The van der Waals surface area contributed by atoms with Crippen LogP contribution in [0.1, 0.15) is 53.4 Å². The summed E-state index contributed by atoms with van der Waals surface area (Å²) in [6, 6.07) is 0. The van der Waals surface area contributed by atoms with E-state index in [0.29, 0.717) is 0 Å². The lowest BCUT2D eigenvalue weighted by molar-refractivity contribution is -0.132. The fourth-order valence-electron chi connectivity index (χ4n) is 0. The predicted octanol–water partition coefficient (Wildman–Crippen LogP) is 5.93. The highest BCUT2D eigenvalue weighted by Crippen LogP contribution is 1.77. The zero-order valence-electron chi connectivity index (χ0n) is 30.6. The number of unbranched alkanes of at least 4 members (excludes halogenated alkanes) is 2. The molecule has 0 aromatic heterocycles. The first-order valence-electron chi connectivity index (χ1n) is 14.0. The lowest BCUT2D eigenvalue weighted by atomic mass is 10.4. The maximum atomic E-state index is 9.25. The molecule has 0 aromatic rings. The zero-order chi connectivity index (χ0) is 45.4. The molecule has 0 atom stereocenters. The van der Waals surface area contributed by atoms with Crippen LogP contribution in [0.5, 0.6) is 0 Å². The third-order valence-corrected chi connectivity index (χ3v) is 2.57. The van der Waals surface area contributed by atoms with Gasteiger partial charge in [-0.1, -0.05) is 113 Å². The molecule has 0 aromatic carbocycles. The van der Waals surface area contributed by atoms with Gasteiger partial charge in [0.15, 0.2) is 0 Å². The Morgan fingerprint density at radius 2 is 0.302 bits per heavy atom. The van der Waals surface area contributed by atoms with Crippen LogP contribution in [-0.2, 0) is 43.2 Å². The van der Waals surface area contributed by atoms with Gasteiger partial charge in [0.1, 0.15) is 0 Å². The van der Waals surface area contributed by atoms with Gasteiger partial charge in [0.05, 0.1) is 0 Å². The predicted molar refractivity (Wildman–Crippen MR) is 202 cm³/mol. The highest BCUT2D eigenvalue weighted by atomic mass is 16.4. The summed E-state index contributed by atoms with van der Waals surface area (Å²) in [6.45, 7) is 35.4. The van der Waals surface area contributed by atoms with Crippen molar-refractivity contribution >= 4 is 53.7 Å². The third kappa shape index (κ3) is 497. The number of hydrogen-bond acceptors (Lipinski definition) is 9. The molecule has 18 nitrogen and oxygen atoms in total. The van der Waals surface area contributed by atoms with Gasteiger partial charge in [-0.25, -0.2) is 43.2 Å². The lowest BCUT2D eigenvalue weighted by Crippen LogP contribution is -1.82. The van der Waals surface area contributed by atoms with E-state index < -0.39 is 53.7 Å². The smallest absolute Gasteiger partial charge is 0.327 e. The van der Waals surface area contributed by atoms with E-state index in [2.05, 4.69) is 86.9 Å². The average Bonchev–Trinajstić information content (AvgIpc) is 3.13. The Labute approximate surface area is 310 Å². The summed E-state index contributed by atoms with van der Waals surface area (Å²) < 4.78 is 0. The normalized spacial score (nSPS) is 6.57. The van der Waals surface area contributed by atoms with Crippen molar-refractivity contribution in [2.24, 2.45) is 0 Å². The van der Waals surface area contributed by atoms with Crippen molar-refractivity contribution in [2.45, 2.75) is 53.4 Å². The van der Waals surface area contributed by atoms with E-state index in [1.807, 2.05) is 0 Å². The van der Waals surface area contributed by atoms with Crippen molar-refractivity contribution in [1.82, 2.24) is 0 Å². The first-order valence-corrected chi connectivity index (χ1v) is 14.0. The molecule has 0 heterocycles. The molecule has 18 heteroatoms. The maximum Gasteiger partial charge on any atom is 0.327 e. The number of carbonyl (C=O) groups is 9. The Morgan fingerprint density at radius 3 is 0.302 bits per heavy atom. The summed E-state index contributed by atoms with van der Waals surface area (Å²) in [6.07, 6.45) is 12.8. The van der Waals surface area contributed by atoms with Crippen molar-refractivity contribution in [3.05, 3.63) is 114 Å². The van der Waals surface area contributed by atoms with Crippen LogP contribution >= 0.6 is 0 Å². The molecule has 9 N–H and O–H groups in total. The van der Waals surface area contributed by atoms with E-state index in [0.717, 1.165) is 54.7 Å². The monoisotopic (exact) mass is 764 g/mol. The number of carboxylic acids is 9. The van der Waals surface area contributed by atoms with E-state index in [-0.39, 0.29) is 0 Å². The van der Waals surface area contributed by atoms with E-state index in [4.69, 9.17) is 46.0 Å². The van der Waals surface area contributed by atoms with Gasteiger partial charge in [-0.3, -0.25) is 0 Å². The van der Waals surface area contributed by atoms with Crippen LogP contribution in [0.4, 0.5) is 0 Å². The molecule has 0 amide bonds. The van der Waals surface area contributed by atoms with Crippen LogP contribution in [0.25, 0.3) is 0 Å². The average molecular weight is 765 g/mol. The third-order valence-electron chi connectivity index (χ3n) is 2.57. The van der Waals surface area contributed by atoms with Crippen molar-refractivity contribution < 1.29 is 89.1 Å². The molecular weight excluding hydrogens is 708 g/mol. The minimum atomic E-state index is -0.981. The topological polar surface area (TPSA) is 336 Å². The molecule has 0 rings (SSSR count). The van der Waals surface area contributed by atoms with Gasteiger partial charge in [-0.2, -0.15) is 0 Å². The van der Waals surface area contributed by atoms with Crippen molar-refractivity contribution in [3.63, 3.8) is 0 Å². The molecule has 0 unspecified atom stereocenters. The molecule has 0 fully saturated rings. The lowest BCUT2D eigenvalue weighted by Gasteiger charge is -1.68. The van der Waals surface area contributed by atoms with Gasteiger partial charge < -0.3 is 46.0 Å². The fraction of sp³-hybridized carbons (Fsp3) is 0.229. The van der Waals surface area contributed by atoms with Crippen LogP contribution in [0.15, 0.2) is 114 Å². The Balaban J connectivity index is -0.0000000407. The van der Waals surface area contributed by atoms with E-state index in [9.17, 15) is 43.2 Å². The Kier molecular flexibility index (Phi) is 115. The second-order valence-electron chi connectivity index (χ2n) is 6.88. The number of carboxylic acid groups (broad SMARTS) is 9. The summed E-state index contributed by atoms with van der Waals surface area (Å²) in [5.41, 5.74) is 0. The van der Waals surface area contributed by atoms with Gasteiger partial charge in [0.2, 0.25) is 0 Å². The first-order chi connectivity index (χ1) is 24.3. The molecule has 0 spiro atoms. The molecule has 53 heavy (non-hydrogen) atoms. The SMILES string of the molecule is C=CC(=O)O.C=CC(=O)O.C=CC(=O)O.C=CC(=O)O.C=CC(=O)O.C=CC(=O)O.C=CC(=O)O.C=CC(=O)O.C=CC(=O)O.CCCC.CCCC. The van der Waals surface area contributed by atoms with Gasteiger partial charge >= 0.3 is 53.7 Å². The summed E-state index contributed by atoms with van der Waals surface area (Å²) in [5.74, 6) is -8.83. The van der Waals surface area contributed by atoms with Crippen LogP contribution in [-0.4, -0.2) is 99.7 Å². The number of aliphatic carboxylic acids is 9. The van der Waals surface area contributed by atoms with Gasteiger partial charge in [-0.15, -0.1) is 0 Å². The second kappa shape index (κ2) is 79.9. The molecule has 0 aliphatic heterocycles. The molecule has 0 bridgehead atoms. The van der Waals surface area contributed by atoms with E-state index >= 15 is 0 Å². The molecule has 304 valence electrons. The van der Waals surface area contributed by atoms with E-state index in [1.165, 1.54) is 25.7 Å². The van der Waals surface area contributed by atoms with Gasteiger partial charge in [0.25, 0.3) is 0 Å². The summed E-state index contributed by atoms with van der Waals surface area (Å²) in [7, 11) is 0. The molecular formula is C35H56O18. The summed E-state index contributed by atoms with van der Waals surface area (Å²) in [4.78, 5) is 83.2. The minimum Gasteiger partial charge on any atom is -0.478 e. The molecule has 0 aliphatic rings. The Hall–Kier alpha value is -7.11. The van der Waals surface area contributed by atoms with Crippen molar-refractivity contribution in [2.75, 3.05) is 0 Å². The molecule has 0 aliphatic carbocycles. The van der Waals surface area contributed by atoms with Crippen molar-refractivity contribution in [3.8, 4) is 0 Å². The molecule has 0 saturated carbocycles. The van der Waals surface area contributed by atoms with Crippen LogP contribution in [0.3, 0.4) is 0 Å².